The van der Waals surface area contributed by atoms with E-state index >= 15 is 0 Å². The third-order valence-electron chi connectivity index (χ3n) is 2.47. The summed E-state index contributed by atoms with van der Waals surface area (Å²) in [5, 5.41) is 24.8. The van der Waals surface area contributed by atoms with Gasteiger partial charge in [-0.25, -0.2) is 4.79 Å². The van der Waals surface area contributed by atoms with Gasteiger partial charge in [0.2, 0.25) is 0 Å². The molecule has 0 rings (SSSR count). The Morgan fingerprint density at radius 2 is 1.74 bits per heavy atom. The summed E-state index contributed by atoms with van der Waals surface area (Å²) < 4.78 is 0. The van der Waals surface area contributed by atoms with Crippen LogP contribution in [0, 0.1) is 5.92 Å². The molecule has 1 unspecified atom stereocenters. The van der Waals surface area contributed by atoms with Gasteiger partial charge in [0, 0.05) is 12.2 Å². The number of unbranched alkanes of at least 4 members (excludes halogenated alkanes) is 1. The molecule has 0 amide bonds. The van der Waals surface area contributed by atoms with E-state index < -0.39 is 18.4 Å². The molecule has 0 bridgehead atoms. The van der Waals surface area contributed by atoms with Gasteiger partial charge in [-0.3, -0.25) is 4.79 Å². The molecular weight excluding hydrogens is 259 g/mol. The molecule has 0 saturated carbocycles. The van der Waals surface area contributed by atoms with E-state index in [9.17, 15) is 9.59 Å². The fraction of sp³-hybridized carbons (Fsp3) is 0.692. The fourth-order valence-electron chi connectivity index (χ4n) is 1.18. The Labute approximate surface area is 137 Å². The molecule has 0 spiro atoms. The van der Waals surface area contributed by atoms with Gasteiger partial charge in [-0.2, -0.15) is 0 Å². The van der Waals surface area contributed by atoms with Crippen LogP contribution in [0.5, 0.6) is 0 Å². The molecule has 0 aromatic carbocycles. The number of aliphatic carboxylic acids is 2. The summed E-state index contributed by atoms with van der Waals surface area (Å²) in [6.07, 6.45) is 4.32. The van der Waals surface area contributed by atoms with E-state index in [0.717, 1.165) is 6.42 Å². The number of carboxylic acids is 2. The Balaban J connectivity index is -0.000000256. The van der Waals surface area contributed by atoms with Crippen molar-refractivity contribution in [3.05, 3.63) is 12.2 Å². The summed E-state index contributed by atoms with van der Waals surface area (Å²) in [5.41, 5.74) is -0.303. The number of carboxylic acid groups (broad SMARTS) is 2. The van der Waals surface area contributed by atoms with Gasteiger partial charge in [-0.15, -0.1) is 0 Å². The van der Waals surface area contributed by atoms with Crippen LogP contribution in [-0.4, -0.2) is 63.4 Å². The fourth-order valence-corrected chi connectivity index (χ4v) is 1.18. The van der Waals surface area contributed by atoms with Gasteiger partial charge in [0.1, 0.15) is 0 Å². The SMILES string of the molecule is C=C(CC(=O)O)C(=O)O.CCCCC(CC)CO.[NaH]. The number of rotatable bonds is 8. The first-order valence-corrected chi connectivity index (χ1v) is 6.12. The standard InChI is InChI=1S/C8H18O.C5H6O4.Na.H/c1-3-5-6-8(4-2)7-9;1-3(5(8)9)2-4(6)7;;/h8-9H,3-7H2,1-2H3;1-2H2,(H,6,7)(H,8,9);;. The van der Waals surface area contributed by atoms with Gasteiger partial charge in [0.15, 0.2) is 0 Å². The van der Waals surface area contributed by atoms with E-state index in [4.69, 9.17) is 15.3 Å². The molecule has 5 nitrogen and oxygen atoms in total. The summed E-state index contributed by atoms with van der Waals surface area (Å²) in [6, 6.07) is 0. The summed E-state index contributed by atoms with van der Waals surface area (Å²) >= 11 is 0. The van der Waals surface area contributed by atoms with Gasteiger partial charge < -0.3 is 15.3 Å². The van der Waals surface area contributed by atoms with Gasteiger partial charge in [0.25, 0.3) is 0 Å². The third-order valence-corrected chi connectivity index (χ3v) is 2.47. The first-order chi connectivity index (χ1) is 8.38. The molecule has 0 aliphatic heterocycles. The average molecular weight is 284 g/mol. The van der Waals surface area contributed by atoms with Crippen molar-refractivity contribution < 1.29 is 24.9 Å². The van der Waals surface area contributed by atoms with Crippen molar-refractivity contribution in [2.75, 3.05) is 6.61 Å². The molecule has 0 heterocycles. The molecule has 19 heavy (non-hydrogen) atoms. The molecule has 0 fully saturated rings. The normalized spacial score (nSPS) is 10.5. The summed E-state index contributed by atoms with van der Waals surface area (Å²) in [5.74, 6) is -1.88. The predicted octanol–water partition coefficient (Wildman–Crippen LogP) is 1.65. The van der Waals surface area contributed by atoms with Crippen LogP contribution in [0.2, 0.25) is 0 Å². The van der Waals surface area contributed by atoms with E-state index in [-0.39, 0.29) is 35.1 Å². The van der Waals surface area contributed by atoms with E-state index in [1.54, 1.807) is 0 Å². The van der Waals surface area contributed by atoms with Crippen molar-refractivity contribution in [2.45, 2.75) is 46.0 Å². The number of carbonyl (C=O) groups is 2. The van der Waals surface area contributed by atoms with Gasteiger partial charge in [-0.1, -0.05) is 39.7 Å². The number of aliphatic hydroxyl groups is 1. The monoisotopic (exact) mass is 284 g/mol. The van der Waals surface area contributed by atoms with Crippen LogP contribution in [0.15, 0.2) is 12.2 Å². The van der Waals surface area contributed by atoms with Gasteiger partial charge in [0.05, 0.1) is 6.42 Å². The number of hydrogen-bond donors (Lipinski definition) is 3. The van der Waals surface area contributed by atoms with Crippen LogP contribution >= 0.6 is 0 Å². The first kappa shape index (κ1) is 23.7. The zero-order chi connectivity index (χ0) is 14.6. The second-order valence-corrected chi connectivity index (χ2v) is 4.08. The Morgan fingerprint density at radius 1 is 1.21 bits per heavy atom. The van der Waals surface area contributed by atoms with Crippen molar-refractivity contribution >= 4 is 41.5 Å². The molecule has 0 radical (unpaired) electrons. The maximum absolute atomic E-state index is 9.87. The Hall–Kier alpha value is -0.360. The Kier molecular flexibility index (Phi) is 19.6. The molecule has 3 N–H and O–H groups in total. The molecule has 1 atom stereocenters. The van der Waals surface area contributed by atoms with Crippen LogP contribution in [0.4, 0.5) is 0 Å². The van der Waals surface area contributed by atoms with Crippen LogP contribution in [0.25, 0.3) is 0 Å². The summed E-state index contributed by atoms with van der Waals surface area (Å²) in [6.45, 7) is 7.71. The Bertz CT molecular complexity index is 262. The molecule has 6 heteroatoms. The first-order valence-electron chi connectivity index (χ1n) is 6.12. The van der Waals surface area contributed by atoms with Crippen LogP contribution in [0.1, 0.15) is 46.0 Å². The summed E-state index contributed by atoms with van der Waals surface area (Å²) in [4.78, 5) is 19.7. The van der Waals surface area contributed by atoms with Crippen molar-refractivity contribution in [1.82, 2.24) is 0 Å². The second-order valence-electron chi connectivity index (χ2n) is 4.08. The van der Waals surface area contributed by atoms with Gasteiger partial charge in [-0.05, 0) is 12.3 Å². The van der Waals surface area contributed by atoms with Gasteiger partial charge >= 0.3 is 41.5 Å². The molecule has 0 aliphatic carbocycles. The minimum absolute atomic E-state index is 0. The molecule has 0 aromatic heterocycles. The zero-order valence-corrected chi connectivity index (χ0v) is 11.2. The number of hydrogen-bond acceptors (Lipinski definition) is 3. The van der Waals surface area contributed by atoms with Crippen molar-refractivity contribution in [3.63, 3.8) is 0 Å². The van der Waals surface area contributed by atoms with Crippen molar-refractivity contribution in [1.29, 1.82) is 0 Å². The molecule has 0 saturated heterocycles. The number of aliphatic hydroxyl groups excluding tert-OH is 1. The third kappa shape index (κ3) is 17.6. The Morgan fingerprint density at radius 3 is 1.95 bits per heavy atom. The van der Waals surface area contributed by atoms with Crippen LogP contribution < -0.4 is 0 Å². The van der Waals surface area contributed by atoms with E-state index in [0.29, 0.717) is 12.5 Å². The molecule has 108 valence electrons. The maximum atomic E-state index is 9.87. The van der Waals surface area contributed by atoms with Crippen LogP contribution in [0.3, 0.4) is 0 Å². The van der Waals surface area contributed by atoms with E-state index in [1.165, 1.54) is 19.3 Å². The second kappa shape index (κ2) is 15.7. The van der Waals surface area contributed by atoms with E-state index in [2.05, 4.69) is 20.4 Å². The van der Waals surface area contributed by atoms with E-state index in [1.807, 2.05) is 0 Å². The summed E-state index contributed by atoms with van der Waals surface area (Å²) in [7, 11) is 0. The van der Waals surface area contributed by atoms with Crippen molar-refractivity contribution in [3.8, 4) is 0 Å². The van der Waals surface area contributed by atoms with Crippen LogP contribution in [-0.2, 0) is 9.59 Å². The minimum atomic E-state index is -1.27. The molecular formula is C13H25NaO5. The quantitative estimate of drug-likeness (QED) is 0.465. The predicted molar refractivity (Wildman–Crippen MR) is 76.6 cm³/mol. The average Bonchev–Trinajstić information content (AvgIpc) is 2.30. The topological polar surface area (TPSA) is 94.8 Å². The molecule has 0 aliphatic rings. The molecule has 0 aromatic rings. The van der Waals surface area contributed by atoms with Crippen molar-refractivity contribution in [2.24, 2.45) is 5.92 Å². The zero-order valence-electron chi connectivity index (χ0n) is 11.2.